The summed E-state index contributed by atoms with van der Waals surface area (Å²) in [5.41, 5.74) is 0. The molecule has 0 aromatic rings. The molecule has 1 N–H and O–H groups in total. The molecule has 0 fully saturated rings. The highest BCUT2D eigenvalue weighted by molar-refractivity contribution is 4.45. The monoisotopic (exact) mass is 192 g/mol. The first-order chi connectivity index (χ1) is 6.31. The van der Waals surface area contributed by atoms with Crippen molar-refractivity contribution >= 4 is 0 Å². The molecule has 1 atom stereocenters. The van der Waals surface area contributed by atoms with Crippen molar-refractivity contribution in [1.82, 2.24) is 0 Å². The van der Waals surface area contributed by atoms with Crippen molar-refractivity contribution in [2.45, 2.75) is 6.92 Å². The van der Waals surface area contributed by atoms with Gasteiger partial charge in [-0.15, -0.1) is 0 Å². The van der Waals surface area contributed by atoms with Gasteiger partial charge in [-0.1, -0.05) is 6.92 Å². The van der Waals surface area contributed by atoms with Crippen LogP contribution in [0.25, 0.3) is 0 Å². The van der Waals surface area contributed by atoms with Crippen LogP contribution in [0.3, 0.4) is 0 Å². The average molecular weight is 192 g/mol. The maximum absolute atomic E-state index is 8.68. The standard InChI is InChI=1S/C9H20O4/c1-9(7-10)8-13-6-5-12-4-3-11-2/h9-10H,3-8H2,1-2H3. The lowest BCUT2D eigenvalue weighted by atomic mass is 10.2. The summed E-state index contributed by atoms with van der Waals surface area (Å²) < 4.78 is 15.2. The second-order valence-electron chi connectivity index (χ2n) is 2.97. The lowest BCUT2D eigenvalue weighted by Gasteiger charge is -2.08. The van der Waals surface area contributed by atoms with Crippen LogP contribution in [0, 0.1) is 5.92 Å². The molecule has 4 heteroatoms. The minimum Gasteiger partial charge on any atom is -0.396 e. The highest BCUT2D eigenvalue weighted by Crippen LogP contribution is 1.92. The molecule has 0 saturated heterocycles. The molecule has 0 saturated carbocycles. The van der Waals surface area contributed by atoms with E-state index in [9.17, 15) is 0 Å². The molecule has 0 aromatic carbocycles. The van der Waals surface area contributed by atoms with E-state index in [1.807, 2.05) is 6.92 Å². The third-order valence-corrected chi connectivity index (χ3v) is 1.52. The third-order valence-electron chi connectivity index (χ3n) is 1.52. The second kappa shape index (κ2) is 9.92. The summed E-state index contributed by atoms with van der Waals surface area (Å²) in [6, 6.07) is 0. The van der Waals surface area contributed by atoms with Crippen molar-refractivity contribution < 1.29 is 19.3 Å². The number of methoxy groups -OCH3 is 1. The van der Waals surface area contributed by atoms with E-state index in [2.05, 4.69) is 0 Å². The molecule has 0 heterocycles. The summed E-state index contributed by atoms with van der Waals surface area (Å²) in [5.74, 6) is 0.207. The van der Waals surface area contributed by atoms with Gasteiger partial charge in [-0.05, 0) is 0 Å². The lowest BCUT2D eigenvalue weighted by Crippen LogP contribution is -2.14. The zero-order valence-corrected chi connectivity index (χ0v) is 8.49. The fourth-order valence-corrected chi connectivity index (χ4v) is 0.699. The molecular formula is C9H20O4. The fourth-order valence-electron chi connectivity index (χ4n) is 0.699. The van der Waals surface area contributed by atoms with Crippen LogP contribution in [0.1, 0.15) is 6.92 Å². The van der Waals surface area contributed by atoms with Crippen molar-refractivity contribution in [3.63, 3.8) is 0 Å². The Labute approximate surface area is 79.8 Å². The van der Waals surface area contributed by atoms with Crippen molar-refractivity contribution in [3.8, 4) is 0 Å². The van der Waals surface area contributed by atoms with E-state index >= 15 is 0 Å². The van der Waals surface area contributed by atoms with Gasteiger partial charge in [0.05, 0.1) is 33.0 Å². The number of aliphatic hydroxyl groups is 1. The van der Waals surface area contributed by atoms with Gasteiger partial charge in [-0.25, -0.2) is 0 Å². The Balaban J connectivity index is 2.91. The lowest BCUT2D eigenvalue weighted by molar-refractivity contribution is 0.0115. The van der Waals surface area contributed by atoms with Crippen LogP contribution >= 0.6 is 0 Å². The van der Waals surface area contributed by atoms with E-state index < -0.39 is 0 Å². The molecule has 13 heavy (non-hydrogen) atoms. The predicted octanol–water partition coefficient (Wildman–Crippen LogP) is 0.294. The van der Waals surface area contributed by atoms with E-state index in [1.165, 1.54) is 0 Å². The highest BCUT2D eigenvalue weighted by atomic mass is 16.5. The molecular weight excluding hydrogens is 172 g/mol. The number of ether oxygens (including phenoxy) is 3. The van der Waals surface area contributed by atoms with Crippen LogP contribution in [-0.4, -0.2) is 51.9 Å². The summed E-state index contributed by atoms with van der Waals surface area (Å²) >= 11 is 0. The Hall–Kier alpha value is -0.160. The zero-order chi connectivity index (χ0) is 9.94. The Morgan fingerprint density at radius 1 is 1.08 bits per heavy atom. The van der Waals surface area contributed by atoms with Crippen LogP contribution in [0.2, 0.25) is 0 Å². The Kier molecular flexibility index (Phi) is 9.80. The number of aliphatic hydroxyl groups excluding tert-OH is 1. The molecule has 0 amide bonds. The van der Waals surface area contributed by atoms with Gasteiger partial charge in [-0.2, -0.15) is 0 Å². The summed E-state index contributed by atoms with van der Waals surface area (Å²) in [6.45, 7) is 5.08. The summed E-state index contributed by atoms with van der Waals surface area (Å²) in [7, 11) is 1.64. The Bertz CT molecular complexity index is 97.6. The molecule has 0 spiro atoms. The maximum Gasteiger partial charge on any atom is 0.0701 e. The quantitative estimate of drug-likeness (QED) is 0.534. The minimum absolute atomic E-state index is 0.171. The van der Waals surface area contributed by atoms with E-state index in [1.54, 1.807) is 7.11 Å². The first-order valence-corrected chi connectivity index (χ1v) is 4.56. The molecule has 80 valence electrons. The van der Waals surface area contributed by atoms with Gasteiger partial charge >= 0.3 is 0 Å². The molecule has 4 nitrogen and oxygen atoms in total. The van der Waals surface area contributed by atoms with Crippen LogP contribution in [0.15, 0.2) is 0 Å². The van der Waals surface area contributed by atoms with Crippen LogP contribution in [-0.2, 0) is 14.2 Å². The van der Waals surface area contributed by atoms with E-state index in [0.717, 1.165) is 0 Å². The van der Waals surface area contributed by atoms with Gasteiger partial charge in [0.2, 0.25) is 0 Å². The molecule has 0 aromatic heterocycles. The summed E-state index contributed by atoms with van der Waals surface area (Å²) in [4.78, 5) is 0. The van der Waals surface area contributed by atoms with E-state index in [4.69, 9.17) is 19.3 Å². The van der Waals surface area contributed by atoms with Crippen molar-refractivity contribution in [3.05, 3.63) is 0 Å². The largest absolute Gasteiger partial charge is 0.396 e. The van der Waals surface area contributed by atoms with Gasteiger partial charge in [0.1, 0.15) is 0 Å². The smallest absolute Gasteiger partial charge is 0.0701 e. The number of rotatable bonds is 9. The Morgan fingerprint density at radius 2 is 1.69 bits per heavy atom. The molecule has 0 aliphatic rings. The first kappa shape index (κ1) is 12.8. The fraction of sp³-hybridized carbons (Fsp3) is 1.00. The van der Waals surface area contributed by atoms with Gasteiger partial charge in [0, 0.05) is 19.6 Å². The highest BCUT2D eigenvalue weighted by Gasteiger charge is 1.98. The average Bonchev–Trinajstić information content (AvgIpc) is 2.16. The van der Waals surface area contributed by atoms with Crippen molar-refractivity contribution in [1.29, 1.82) is 0 Å². The Morgan fingerprint density at radius 3 is 2.31 bits per heavy atom. The summed E-state index contributed by atoms with van der Waals surface area (Å²) in [6.07, 6.45) is 0. The normalized spacial score (nSPS) is 13.2. The maximum atomic E-state index is 8.68. The second-order valence-corrected chi connectivity index (χ2v) is 2.97. The number of hydrogen-bond acceptors (Lipinski definition) is 4. The van der Waals surface area contributed by atoms with Crippen molar-refractivity contribution in [2.75, 3.05) is 46.8 Å². The molecule has 0 bridgehead atoms. The molecule has 0 rings (SSSR count). The van der Waals surface area contributed by atoms with E-state index in [0.29, 0.717) is 33.0 Å². The van der Waals surface area contributed by atoms with Crippen LogP contribution < -0.4 is 0 Å². The predicted molar refractivity (Wildman–Crippen MR) is 49.8 cm³/mol. The van der Waals surface area contributed by atoms with Crippen molar-refractivity contribution in [2.24, 2.45) is 5.92 Å². The van der Waals surface area contributed by atoms with Gasteiger partial charge in [0.15, 0.2) is 0 Å². The molecule has 0 radical (unpaired) electrons. The minimum atomic E-state index is 0.171. The molecule has 0 aliphatic carbocycles. The van der Waals surface area contributed by atoms with Crippen LogP contribution in [0.4, 0.5) is 0 Å². The van der Waals surface area contributed by atoms with Gasteiger partial charge < -0.3 is 19.3 Å². The first-order valence-electron chi connectivity index (χ1n) is 4.56. The van der Waals surface area contributed by atoms with Gasteiger partial charge in [-0.3, -0.25) is 0 Å². The van der Waals surface area contributed by atoms with Gasteiger partial charge in [0.25, 0.3) is 0 Å². The molecule has 1 unspecified atom stereocenters. The SMILES string of the molecule is COCCOCCOCC(C)CO. The third kappa shape index (κ3) is 9.76. The summed E-state index contributed by atoms with van der Waals surface area (Å²) in [5, 5.41) is 8.68. The van der Waals surface area contributed by atoms with E-state index in [-0.39, 0.29) is 12.5 Å². The number of hydrogen-bond donors (Lipinski definition) is 1. The topological polar surface area (TPSA) is 47.9 Å². The zero-order valence-electron chi connectivity index (χ0n) is 8.49. The molecule has 0 aliphatic heterocycles. The van der Waals surface area contributed by atoms with Crippen LogP contribution in [0.5, 0.6) is 0 Å².